The van der Waals surface area contributed by atoms with E-state index in [1.807, 2.05) is 38.1 Å². The number of aromatic nitrogens is 2. The monoisotopic (exact) mass is 449 g/mol. The Morgan fingerprint density at radius 3 is 2.36 bits per heavy atom. The van der Waals surface area contributed by atoms with Crippen LogP contribution in [0.15, 0.2) is 36.4 Å². The van der Waals surface area contributed by atoms with Crippen LogP contribution in [0.4, 0.5) is 23.0 Å². The molecule has 1 aromatic heterocycles. The molecule has 3 aromatic rings. The van der Waals surface area contributed by atoms with Crippen molar-refractivity contribution in [2.24, 2.45) is 5.73 Å². The average molecular weight is 450 g/mol. The number of aromatic hydroxyl groups is 1. The van der Waals surface area contributed by atoms with Gasteiger partial charge in [0.2, 0.25) is 0 Å². The summed E-state index contributed by atoms with van der Waals surface area (Å²) >= 11 is 0. The second kappa shape index (κ2) is 9.41. The van der Waals surface area contributed by atoms with Crippen LogP contribution in [0, 0.1) is 13.8 Å². The molecule has 2 aromatic carbocycles. The molecule has 0 spiro atoms. The molecule has 9 nitrogen and oxygen atoms in total. The molecule has 0 aliphatic carbocycles. The van der Waals surface area contributed by atoms with E-state index in [0.717, 1.165) is 48.6 Å². The number of phenolic OH excluding ortho intramolecular Hbond substituents is 1. The number of carbonyl (C=O) groups is 1. The summed E-state index contributed by atoms with van der Waals surface area (Å²) in [5.41, 5.74) is 10.5. The molecule has 33 heavy (non-hydrogen) atoms. The Kier molecular flexibility index (Phi) is 6.41. The van der Waals surface area contributed by atoms with Gasteiger partial charge in [-0.2, -0.15) is 5.10 Å². The number of anilines is 4. The van der Waals surface area contributed by atoms with Crippen molar-refractivity contribution in [3.05, 3.63) is 58.7 Å². The number of benzene rings is 2. The second-order valence-corrected chi connectivity index (χ2v) is 8.58. The summed E-state index contributed by atoms with van der Waals surface area (Å²) in [5.74, 6) is 0.528. The molecule has 4 rings (SSSR count). The standard InChI is InChI=1S/C24H31N7O2/c1-15-12-17(13-16(2)21(15)32)14-26-23-20(22(25)33)24(29-28-23)27-18-4-6-19(7-5-18)31-10-8-30(3)9-11-31/h4-7,12-13,32H,8-11,14H2,1-3H3,(H2,25,33)(H3,26,27,28,29). The number of nitrogens with two attached hydrogens (primary N) is 1. The molecular weight excluding hydrogens is 418 g/mol. The number of likely N-dealkylation sites (N-methyl/N-ethyl adjacent to an activating group) is 1. The van der Waals surface area contributed by atoms with E-state index >= 15 is 0 Å². The Morgan fingerprint density at radius 2 is 1.76 bits per heavy atom. The molecule has 0 saturated carbocycles. The highest BCUT2D eigenvalue weighted by molar-refractivity contribution is 6.03. The molecule has 2 heterocycles. The Balaban J connectivity index is 1.46. The van der Waals surface area contributed by atoms with Crippen molar-refractivity contribution >= 4 is 28.9 Å². The van der Waals surface area contributed by atoms with Crippen LogP contribution in [0.3, 0.4) is 0 Å². The molecule has 1 fully saturated rings. The van der Waals surface area contributed by atoms with Crippen molar-refractivity contribution in [1.82, 2.24) is 15.1 Å². The number of phenols is 1. The van der Waals surface area contributed by atoms with Gasteiger partial charge in [0.25, 0.3) is 5.91 Å². The van der Waals surface area contributed by atoms with E-state index in [1.54, 1.807) is 0 Å². The van der Waals surface area contributed by atoms with Crippen LogP contribution in [-0.2, 0) is 6.54 Å². The highest BCUT2D eigenvalue weighted by Gasteiger charge is 2.19. The summed E-state index contributed by atoms with van der Waals surface area (Å²) in [7, 11) is 2.14. The van der Waals surface area contributed by atoms with Crippen molar-refractivity contribution in [2.45, 2.75) is 20.4 Å². The summed E-state index contributed by atoms with van der Waals surface area (Å²) < 4.78 is 0. The highest BCUT2D eigenvalue weighted by atomic mass is 16.3. The minimum atomic E-state index is -0.583. The van der Waals surface area contributed by atoms with Gasteiger partial charge in [-0.3, -0.25) is 9.89 Å². The zero-order valence-corrected chi connectivity index (χ0v) is 19.3. The molecule has 1 amide bonds. The van der Waals surface area contributed by atoms with Gasteiger partial charge in [-0.05, 0) is 61.9 Å². The number of aryl methyl sites for hydroxylation is 2. The number of primary amides is 1. The summed E-state index contributed by atoms with van der Waals surface area (Å²) in [4.78, 5) is 16.9. The molecule has 1 aliphatic rings. The van der Waals surface area contributed by atoms with E-state index in [4.69, 9.17) is 5.73 Å². The van der Waals surface area contributed by atoms with Gasteiger partial charge in [0.1, 0.15) is 17.1 Å². The molecular formula is C24H31N7O2. The van der Waals surface area contributed by atoms with Crippen molar-refractivity contribution < 1.29 is 9.90 Å². The minimum absolute atomic E-state index is 0.269. The van der Waals surface area contributed by atoms with Crippen LogP contribution in [-0.4, -0.2) is 59.3 Å². The van der Waals surface area contributed by atoms with Gasteiger partial charge in [-0.25, -0.2) is 0 Å². The number of hydrogen-bond acceptors (Lipinski definition) is 7. The summed E-state index contributed by atoms with van der Waals surface area (Å²) in [5, 5.41) is 23.5. The maximum atomic E-state index is 12.2. The number of piperazine rings is 1. The van der Waals surface area contributed by atoms with Crippen molar-refractivity contribution in [2.75, 3.05) is 48.8 Å². The Morgan fingerprint density at radius 1 is 1.12 bits per heavy atom. The quantitative estimate of drug-likeness (QED) is 0.376. The number of aromatic amines is 1. The highest BCUT2D eigenvalue weighted by Crippen LogP contribution is 2.27. The number of hydrogen-bond donors (Lipinski definition) is 5. The van der Waals surface area contributed by atoms with E-state index in [-0.39, 0.29) is 5.56 Å². The van der Waals surface area contributed by atoms with Crippen LogP contribution in [0.2, 0.25) is 0 Å². The first-order valence-corrected chi connectivity index (χ1v) is 11.0. The molecule has 1 saturated heterocycles. The number of nitrogens with zero attached hydrogens (tertiary/aromatic N) is 3. The van der Waals surface area contributed by atoms with Crippen molar-refractivity contribution in [3.63, 3.8) is 0 Å². The Bertz CT molecular complexity index is 1110. The van der Waals surface area contributed by atoms with Crippen molar-refractivity contribution in [1.29, 1.82) is 0 Å². The number of H-pyrrole nitrogens is 1. The summed E-state index contributed by atoms with van der Waals surface area (Å²) in [6, 6.07) is 11.9. The third kappa shape index (κ3) is 5.04. The first-order chi connectivity index (χ1) is 15.8. The van der Waals surface area contributed by atoms with Crippen molar-refractivity contribution in [3.8, 4) is 5.75 Å². The minimum Gasteiger partial charge on any atom is -0.507 e. The molecule has 1 aliphatic heterocycles. The first-order valence-electron chi connectivity index (χ1n) is 11.0. The fourth-order valence-electron chi connectivity index (χ4n) is 4.10. The topological polar surface area (TPSA) is 123 Å². The fraction of sp³-hybridized carbons (Fsp3) is 0.333. The fourth-order valence-corrected chi connectivity index (χ4v) is 4.10. The number of carbonyl (C=O) groups excluding carboxylic acids is 1. The predicted molar refractivity (Wildman–Crippen MR) is 131 cm³/mol. The summed E-state index contributed by atoms with van der Waals surface area (Å²) in [6.07, 6.45) is 0. The van der Waals surface area contributed by atoms with Crippen LogP contribution < -0.4 is 21.3 Å². The molecule has 6 N–H and O–H groups in total. The zero-order chi connectivity index (χ0) is 23.5. The van der Waals surface area contributed by atoms with Gasteiger partial charge in [0, 0.05) is 44.1 Å². The van der Waals surface area contributed by atoms with Gasteiger partial charge in [0.15, 0.2) is 5.82 Å². The van der Waals surface area contributed by atoms with E-state index in [1.165, 1.54) is 5.69 Å². The van der Waals surface area contributed by atoms with E-state index in [9.17, 15) is 9.90 Å². The van der Waals surface area contributed by atoms with Gasteiger partial charge in [0.05, 0.1) is 0 Å². The largest absolute Gasteiger partial charge is 0.507 e. The van der Waals surface area contributed by atoms with Gasteiger partial charge < -0.3 is 31.3 Å². The van der Waals surface area contributed by atoms with Gasteiger partial charge in [-0.1, -0.05) is 12.1 Å². The first kappa shape index (κ1) is 22.5. The van der Waals surface area contributed by atoms with Crippen LogP contribution in [0.5, 0.6) is 5.75 Å². The maximum Gasteiger partial charge on any atom is 0.256 e. The third-order valence-corrected chi connectivity index (χ3v) is 6.03. The molecule has 0 atom stereocenters. The van der Waals surface area contributed by atoms with Gasteiger partial charge >= 0.3 is 0 Å². The SMILES string of the molecule is Cc1cc(CNc2n[nH]c(Nc3ccc(N4CCN(C)CC4)cc3)c2C(N)=O)cc(C)c1O. The maximum absolute atomic E-state index is 12.2. The predicted octanol–water partition coefficient (Wildman–Crippen LogP) is 2.94. The van der Waals surface area contributed by atoms with Gasteiger partial charge in [-0.15, -0.1) is 0 Å². The molecule has 0 radical (unpaired) electrons. The Hall–Kier alpha value is -3.72. The molecule has 174 valence electrons. The van der Waals surface area contributed by atoms with E-state index < -0.39 is 5.91 Å². The molecule has 0 unspecified atom stereocenters. The Labute approximate surface area is 193 Å². The van der Waals surface area contributed by atoms with Crippen LogP contribution in [0.25, 0.3) is 0 Å². The molecule has 0 bridgehead atoms. The second-order valence-electron chi connectivity index (χ2n) is 8.58. The number of amides is 1. The lowest BCUT2D eigenvalue weighted by atomic mass is 10.1. The molecule has 9 heteroatoms. The lowest BCUT2D eigenvalue weighted by Gasteiger charge is -2.34. The van der Waals surface area contributed by atoms with E-state index in [0.29, 0.717) is 23.9 Å². The number of rotatable bonds is 7. The van der Waals surface area contributed by atoms with E-state index in [2.05, 4.69) is 49.8 Å². The smallest absolute Gasteiger partial charge is 0.256 e. The average Bonchev–Trinajstić information content (AvgIpc) is 3.19. The summed E-state index contributed by atoms with van der Waals surface area (Å²) in [6.45, 7) is 8.25. The zero-order valence-electron chi connectivity index (χ0n) is 19.3. The van der Waals surface area contributed by atoms with Crippen LogP contribution >= 0.6 is 0 Å². The third-order valence-electron chi connectivity index (χ3n) is 6.03. The number of nitrogens with one attached hydrogen (secondary N) is 3. The lowest BCUT2D eigenvalue weighted by molar-refractivity contribution is 0.100. The van der Waals surface area contributed by atoms with Crippen LogP contribution in [0.1, 0.15) is 27.0 Å². The lowest BCUT2D eigenvalue weighted by Crippen LogP contribution is -2.44. The normalized spacial score (nSPS) is 14.3.